The summed E-state index contributed by atoms with van der Waals surface area (Å²) in [7, 11) is 0.205. The molecule has 18 heavy (non-hydrogen) atoms. The summed E-state index contributed by atoms with van der Waals surface area (Å²) in [5.74, 6) is 0.0518. The van der Waals surface area contributed by atoms with Crippen LogP contribution in [0.4, 0.5) is 0 Å². The topological polar surface area (TPSA) is 86.7 Å². The molecule has 1 fully saturated rings. The van der Waals surface area contributed by atoms with E-state index in [-0.39, 0.29) is 0 Å². The molecule has 6 nitrogen and oxygen atoms in total. The Morgan fingerprint density at radius 1 is 1.33 bits per heavy atom. The van der Waals surface area contributed by atoms with Gasteiger partial charge >= 0.3 is 0 Å². The van der Waals surface area contributed by atoms with Crippen molar-refractivity contribution in [2.45, 2.75) is 26.2 Å². The molecule has 1 rings (SSSR count). The van der Waals surface area contributed by atoms with Gasteiger partial charge in [-0.2, -0.15) is 0 Å². The summed E-state index contributed by atoms with van der Waals surface area (Å²) in [6, 6.07) is 0. The highest BCUT2D eigenvalue weighted by molar-refractivity contribution is 7.89. The van der Waals surface area contributed by atoms with E-state index in [0.717, 1.165) is 39.3 Å². The third kappa shape index (κ3) is 8.43. The fourth-order valence-electron chi connectivity index (χ4n) is 1.67. The van der Waals surface area contributed by atoms with Crippen molar-refractivity contribution in [1.29, 1.82) is 0 Å². The van der Waals surface area contributed by atoms with Crippen LogP contribution in [0.25, 0.3) is 0 Å². The van der Waals surface area contributed by atoms with Crippen LogP contribution in [0, 0.1) is 5.92 Å². The monoisotopic (exact) mass is 280 g/mol. The van der Waals surface area contributed by atoms with Crippen molar-refractivity contribution in [1.82, 2.24) is 9.62 Å². The zero-order chi connectivity index (χ0) is 14.2. The van der Waals surface area contributed by atoms with E-state index in [0.29, 0.717) is 11.7 Å². The van der Waals surface area contributed by atoms with E-state index in [1.165, 1.54) is 4.31 Å². The number of aliphatic carboxylic acids is 1. The SMILES string of the molecule is CC(=O)O.CN(C)S(=O)(=O)CCC1CCNCC1. The second-order valence-electron chi connectivity index (χ2n) is 4.60. The van der Waals surface area contributed by atoms with E-state index >= 15 is 0 Å². The highest BCUT2D eigenvalue weighted by atomic mass is 32.2. The van der Waals surface area contributed by atoms with Gasteiger partial charge in [0.15, 0.2) is 0 Å². The van der Waals surface area contributed by atoms with E-state index in [1.54, 1.807) is 14.1 Å². The molecule has 0 aliphatic carbocycles. The molecule has 108 valence electrons. The van der Waals surface area contributed by atoms with Crippen molar-refractivity contribution < 1.29 is 18.3 Å². The summed E-state index contributed by atoms with van der Waals surface area (Å²) in [5.41, 5.74) is 0. The van der Waals surface area contributed by atoms with Crippen LogP contribution in [0.3, 0.4) is 0 Å². The first-order valence-electron chi connectivity index (χ1n) is 6.06. The van der Waals surface area contributed by atoms with E-state index in [9.17, 15) is 8.42 Å². The van der Waals surface area contributed by atoms with E-state index in [4.69, 9.17) is 9.90 Å². The number of hydrogen-bond acceptors (Lipinski definition) is 4. The molecule has 7 heteroatoms. The van der Waals surface area contributed by atoms with Gasteiger partial charge in [-0.1, -0.05) is 0 Å². The van der Waals surface area contributed by atoms with E-state index < -0.39 is 16.0 Å². The summed E-state index contributed by atoms with van der Waals surface area (Å²) < 4.78 is 24.3. The van der Waals surface area contributed by atoms with Crippen LogP contribution < -0.4 is 5.32 Å². The van der Waals surface area contributed by atoms with Crippen molar-refractivity contribution in [2.24, 2.45) is 5.92 Å². The molecule has 0 atom stereocenters. The molecule has 0 aromatic rings. The number of carbonyl (C=O) groups is 1. The van der Waals surface area contributed by atoms with Crippen LogP contribution in [0.15, 0.2) is 0 Å². The zero-order valence-electron chi connectivity index (χ0n) is 11.3. The lowest BCUT2D eigenvalue weighted by atomic mass is 9.96. The Morgan fingerprint density at radius 2 is 1.78 bits per heavy atom. The van der Waals surface area contributed by atoms with Crippen LogP contribution in [0.1, 0.15) is 26.2 Å². The standard InChI is InChI=1S/C9H20N2O2S.C2H4O2/c1-11(2)14(12,13)8-5-9-3-6-10-7-4-9;1-2(3)4/h9-10H,3-8H2,1-2H3;1H3,(H,3,4). The summed E-state index contributed by atoms with van der Waals surface area (Å²) >= 11 is 0. The molecule has 0 bridgehead atoms. The molecule has 1 aliphatic rings. The van der Waals surface area contributed by atoms with Gasteiger partial charge in [-0.25, -0.2) is 12.7 Å². The van der Waals surface area contributed by atoms with E-state index in [1.807, 2.05) is 0 Å². The van der Waals surface area contributed by atoms with Gasteiger partial charge in [0.2, 0.25) is 10.0 Å². The van der Waals surface area contributed by atoms with Gasteiger partial charge in [0.05, 0.1) is 5.75 Å². The normalized spacial score (nSPS) is 17.1. The zero-order valence-corrected chi connectivity index (χ0v) is 12.2. The molecular weight excluding hydrogens is 256 g/mol. The Balaban J connectivity index is 0.000000631. The van der Waals surface area contributed by atoms with Gasteiger partial charge in [-0.15, -0.1) is 0 Å². The van der Waals surface area contributed by atoms with Crippen molar-refractivity contribution in [2.75, 3.05) is 32.9 Å². The first-order chi connectivity index (χ1) is 8.25. The van der Waals surface area contributed by atoms with Crippen LogP contribution in [-0.2, 0) is 14.8 Å². The molecule has 0 aromatic heterocycles. The number of piperidine rings is 1. The van der Waals surface area contributed by atoms with Gasteiger partial charge in [-0.3, -0.25) is 4.79 Å². The smallest absolute Gasteiger partial charge is 0.300 e. The first-order valence-corrected chi connectivity index (χ1v) is 7.67. The third-order valence-electron chi connectivity index (χ3n) is 2.80. The predicted molar refractivity (Wildman–Crippen MR) is 71.0 cm³/mol. The molecule has 0 unspecified atom stereocenters. The Morgan fingerprint density at radius 3 is 2.17 bits per heavy atom. The highest BCUT2D eigenvalue weighted by Crippen LogP contribution is 2.17. The molecule has 1 saturated heterocycles. The second kappa shape index (κ2) is 8.44. The Hall–Kier alpha value is -0.660. The molecule has 2 N–H and O–H groups in total. The van der Waals surface area contributed by atoms with Crippen LogP contribution in [0.2, 0.25) is 0 Å². The Labute approximate surface area is 109 Å². The average Bonchev–Trinajstić information content (AvgIpc) is 2.27. The molecule has 0 saturated carbocycles. The minimum Gasteiger partial charge on any atom is -0.481 e. The highest BCUT2D eigenvalue weighted by Gasteiger charge is 2.18. The molecule has 1 aliphatic heterocycles. The minimum absolute atomic E-state index is 0.296. The molecule has 0 aromatic carbocycles. The predicted octanol–water partition coefficient (Wildman–Crippen LogP) is 0.358. The van der Waals surface area contributed by atoms with Crippen molar-refractivity contribution in [3.8, 4) is 0 Å². The minimum atomic E-state index is -2.98. The lowest BCUT2D eigenvalue weighted by Gasteiger charge is -2.23. The maximum absolute atomic E-state index is 11.5. The van der Waals surface area contributed by atoms with Gasteiger partial charge in [0, 0.05) is 21.0 Å². The number of rotatable bonds is 4. The molecular formula is C11H24N2O4S. The van der Waals surface area contributed by atoms with Crippen LogP contribution in [0.5, 0.6) is 0 Å². The van der Waals surface area contributed by atoms with Crippen LogP contribution in [-0.4, -0.2) is 56.7 Å². The Kier molecular flexibility index (Phi) is 8.13. The molecule has 0 amide bonds. The Bertz CT molecular complexity index is 331. The van der Waals surface area contributed by atoms with Crippen LogP contribution >= 0.6 is 0 Å². The average molecular weight is 280 g/mol. The number of nitrogens with one attached hydrogen (secondary N) is 1. The number of nitrogens with zero attached hydrogens (tertiary/aromatic N) is 1. The lowest BCUT2D eigenvalue weighted by Crippen LogP contribution is -2.31. The summed E-state index contributed by atoms with van der Waals surface area (Å²) in [4.78, 5) is 9.00. The van der Waals surface area contributed by atoms with Crippen molar-refractivity contribution in [3.05, 3.63) is 0 Å². The third-order valence-corrected chi connectivity index (χ3v) is 4.66. The summed E-state index contributed by atoms with van der Waals surface area (Å²) in [5, 5.41) is 10.7. The summed E-state index contributed by atoms with van der Waals surface area (Å²) in [6.07, 6.45) is 3.04. The fourth-order valence-corrected chi connectivity index (χ4v) is 2.66. The second-order valence-corrected chi connectivity index (χ2v) is 6.90. The maximum Gasteiger partial charge on any atom is 0.300 e. The van der Waals surface area contributed by atoms with Gasteiger partial charge in [-0.05, 0) is 38.3 Å². The summed E-state index contributed by atoms with van der Waals surface area (Å²) in [6.45, 7) is 3.15. The molecule has 1 heterocycles. The lowest BCUT2D eigenvalue weighted by molar-refractivity contribution is -0.134. The quantitative estimate of drug-likeness (QED) is 0.776. The largest absolute Gasteiger partial charge is 0.481 e. The van der Waals surface area contributed by atoms with Crippen molar-refractivity contribution in [3.63, 3.8) is 0 Å². The van der Waals surface area contributed by atoms with E-state index in [2.05, 4.69) is 5.32 Å². The van der Waals surface area contributed by atoms with Crippen molar-refractivity contribution >= 4 is 16.0 Å². The molecule has 0 spiro atoms. The number of sulfonamides is 1. The number of carboxylic acids is 1. The molecule has 0 radical (unpaired) electrons. The number of hydrogen-bond donors (Lipinski definition) is 2. The van der Waals surface area contributed by atoms with Gasteiger partial charge in [0.1, 0.15) is 0 Å². The van der Waals surface area contributed by atoms with Gasteiger partial charge in [0.25, 0.3) is 5.97 Å². The maximum atomic E-state index is 11.5. The fraction of sp³-hybridized carbons (Fsp3) is 0.909. The van der Waals surface area contributed by atoms with Gasteiger partial charge < -0.3 is 10.4 Å². The number of carboxylic acid groups (broad SMARTS) is 1. The first kappa shape index (κ1) is 17.3.